The van der Waals surface area contributed by atoms with E-state index in [4.69, 9.17) is 80.0 Å². The number of ether oxygens (including phenoxy) is 6. The molecule has 0 bridgehead atoms. The van der Waals surface area contributed by atoms with Crippen LogP contribution in [-0.2, 0) is 76.8 Å². The molecule has 0 aliphatic carbocycles. The number of rotatable bonds is 20. The molecule has 0 spiro atoms. The highest BCUT2D eigenvalue weighted by molar-refractivity contribution is 8.54. The van der Waals surface area contributed by atoms with Gasteiger partial charge in [-0.05, 0) is 45.4 Å². The van der Waals surface area contributed by atoms with Gasteiger partial charge in [0.1, 0.15) is 95.9 Å². The Hall–Kier alpha value is -4.62. The fourth-order valence-electron chi connectivity index (χ4n) is 9.40. The van der Waals surface area contributed by atoms with Crippen LogP contribution in [0.1, 0.15) is 52.3 Å². The summed E-state index contributed by atoms with van der Waals surface area (Å²) in [6.45, 7) is -6.05. The number of carbonyl (C=O) groups is 1. The van der Waals surface area contributed by atoms with Gasteiger partial charge in [0.05, 0.1) is 44.2 Å². The van der Waals surface area contributed by atoms with Crippen molar-refractivity contribution in [2.24, 2.45) is 5.41 Å². The third-order valence-electron chi connectivity index (χ3n) is 13.2. The summed E-state index contributed by atoms with van der Waals surface area (Å²) < 4.78 is 95.8. The molecule has 79 heavy (non-hydrogen) atoms. The number of aromatic nitrogens is 12. The zero-order valence-corrected chi connectivity index (χ0v) is 46.3. The standard InChI is InChI=1S/C40H54N15O19P3S2/c1-39(2,3)38(58)66-17-79-76(61,62)68-9-19-25(64-4)27(37(71-19)55-16-52-22-31(43)46-13-49-34(22)55)73-75(59,60)67-8-18-23(56)26(36(70-18)54-15-51-21-30(42)45-12-48-33(21)54)74-77(63,78)69-10-40-6-5-7-65-28(40)24(57)35(72-40)53-14-50-20-29(41)44-11-47-32(20)53/h11-16,18-19,23-28,35-37,56-57H,5-10,17H2,1-4H3,(H,59,60)(H,61,62)(H,63,78)(H2,41,44,47)(H2,42,45,48)(H2,43,46,49)/t18-,19-,23?,24+,25?,26+,27+,28?,35-,36-,37-,40-,77?/m1/s1. The molecule has 4 aliphatic heterocycles. The zero-order chi connectivity index (χ0) is 56.4. The average Bonchev–Trinajstić information content (AvgIpc) is 4.35. The Morgan fingerprint density at radius 2 is 1.28 bits per heavy atom. The molecule has 10 heterocycles. The summed E-state index contributed by atoms with van der Waals surface area (Å²) in [7, 11) is -4.15. The van der Waals surface area contributed by atoms with E-state index in [9.17, 15) is 38.8 Å². The van der Waals surface area contributed by atoms with Gasteiger partial charge in [-0.15, -0.1) is 0 Å². The van der Waals surface area contributed by atoms with E-state index < -0.39 is 132 Å². The zero-order valence-electron chi connectivity index (χ0n) is 42.0. The number of hydrogen-bond acceptors (Lipinski definition) is 30. The molecule has 39 heteroatoms. The van der Waals surface area contributed by atoms with E-state index in [-0.39, 0.29) is 64.0 Å². The molecule has 6 unspecified atom stereocenters. The molecule has 0 saturated carbocycles. The molecule has 6 aromatic rings. The number of aliphatic hydroxyl groups is 2. The number of nitrogens with zero attached hydrogens (tertiary/aromatic N) is 12. The summed E-state index contributed by atoms with van der Waals surface area (Å²) in [5.41, 5.74) is 16.8. The highest BCUT2D eigenvalue weighted by atomic mass is 32.7. The van der Waals surface area contributed by atoms with Gasteiger partial charge in [-0.25, -0.2) is 54.0 Å². The third-order valence-corrected chi connectivity index (χ3v) is 18.3. The lowest BCUT2D eigenvalue weighted by Gasteiger charge is -2.38. The van der Waals surface area contributed by atoms with Crippen molar-refractivity contribution in [3.05, 3.63) is 38.0 Å². The molecule has 430 valence electrons. The van der Waals surface area contributed by atoms with E-state index in [0.717, 1.165) is 12.7 Å². The van der Waals surface area contributed by atoms with E-state index >= 15 is 0 Å². The quantitative estimate of drug-likeness (QED) is 0.0297. The van der Waals surface area contributed by atoms with Crippen LogP contribution in [0.2, 0.25) is 0 Å². The summed E-state index contributed by atoms with van der Waals surface area (Å²) in [4.78, 5) is 83.6. The first kappa shape index (κ1) is 57.6. The van der Waals surface area contributed by atoms with Gasteiger partial charge in [0, 0.05) is 25.1 Å². The van der Waals surface area contributed by atoms with Crippen LogP contribution >= 0.6 is 32.7 Å². The number of nitrogens with two attached hydrogens (primary N) is 3. The summed E-state index contributed by atoms with van der Waals surface area (Å²) in [6.07, 6.45) is -7.67. The van der Waals surface area contributed by atoms with Gasteiger partial charge in [-0.1, -0.05) is 0 Å². The van der Waals surface area contributed by atoms with Crippen molar-refractivity contribution < 1.29 is 89.9 Å². The van der Waals surface area contributed by atoms with Crippen LogP contribution in [0.4, 0.5) is 17.5 Å². The first-order valence-electron chi connectivity index (χ1n) is 23.8. The van der Waals surface area contributed by atoms with Gasteiger partial charge in [-0.2, -0.15) is 0 Å². The number of hydrogen-bond donors (Lipinski definition) is 8. The fourth-order valence-corrected chi connectivity index (χ4v) is 13.4. The molecule has 0 amide bonds. The van der Waals surface area contributed by atoms with Crippen molar-refractivity contribution in [1.29, 1.82) is 0 Å². The minimum absolute atomic E-state index is 0.0195. The Morgan fingerprint density at radius 3 is 1.84 bits per heavy atom. The highest BCUT2D eigenvalue weighted by Crippen LogP contribution is 2.58. The first-order chi connectivity index (χ1) is 37.4. The lowest BCUT2D eigenvalue weighted by atomic mass is 9.89. The Labute approximate surface area is 455 Å². The predicted octanol–water partition coefficient (Wildman–Crippen LogP) is 0.749. The van der Waals surface area contributed by atoms with Gasteiger partial charge >= 0.3 is 27.3 Å². The normalized spacial score (nSPS) is 30.6. The van der Waals surface area contributed by atoms with Gasteiger partial charge in [0.2, 0.25) is 0 Å². The van der Waals surface area contributed by atoms with E-state index in [1.54, 1.807) is 20.8 Å². The molecular weight excluding hydrogens is 1150 g/mol. The third kappa shape index (κ3) is 11.6. The smallest absolute Gasteiger partial charge is 0.454 e. The van der Waals surface area contributed by atoms with Crippen LogP contribution in [0, 0.1) is 5.41 Å². The first-order valence-corrected chi connectivity index (χ1v) is 31.0. The molecule has 11 N–H and O–H groups in total. The van der Waals surface area contributed by atoms with E-state index in [2.05, 4.69) is 44.9 Å². The Morgan fingerprint density at radius 1 is 0.747 bits per heavy atom. The molecule has 10 rings (SSSR count). The number of phosphoric ester groups is 1. The molecule has 4 fully saturated rings. The van der Waals surface area contributed by atoms with Gasteiger partial charge in [0.25, 0.3) is 0 Å². The number of nitrogen functional groups attached to an aromatic ring is 3. The van der Waals surface area contributed by atoms with Crippen LogP contribution in [0.25, 0.3) is 33.5 Å². The SMILES string of the molecule is COC1[C@@H](COP(=O)(O)SCOC(=O)C(C)(C)C)O[C@@H](n2cnc3c(N)ncnc32)[C@H]1OP(=O)(O)OC[C@H]1O[C@@H](n2cnc3c(N)ncnc32)[C@@H](OP(O)(=S)OC[C@]23CCCOC2[C@H](O)[C@H](n2cnc4c(N)ncnc42)O3)C1O. The lowest BCUT2D eigenvalue weighted by molar-refractivity contribution is -0.164. The van der Waals surface area contributed by atoms with Crippen molar-refractivity contribution in [2.75, 3.05) is 56.7 Å². The van der Waals surface area contributed by atoms with E-state index in [1.165, 1.54) is 46.1 Å². The second kappa shape index (κ2) is 22.3. The van der Waals surface area contributed by atoms with Gasteiger partial charge in [0.15, 0.2) is 53.1 Å². The number of fused-ring (bicyclic) bond motifs is 4. The van der Waals surface area contributed by atoms with Crippen molar-refractivity contribution in [3.63, 3.8) is 0 Å². The summed E-state index contributed by atoms with van der Waals surface area (Å²) in [5, 5.41) is 23.6. The molecule has 34 nitrogen and oxygen atoms in total. The second-order valence-electron chi connectivity index (χ2n) is 19.4. The molecule has 6 aromatic heterocycles. The van der Waals surface area contributed by atoms with Crippen molar-refractivity contribution >= 4 is 101 Å². The summed E-state index contributed by atoms with van der Waals surface area (Å²) in [6, 6.07) is 0. The van der Waals surface area contributed by atoms with Crippen LogP contribution in [0.5, 0.6) is 0 Å². The van der Waals surface area contributed by atoms with Crippen LogP contribution < -0.4 is 17.2 Å². The number of methoxy groups -OCH3 is 1. The van der Waals surface area contributed by atoms with Gasteiger partial charge in [-0.3, -0.25) is 36.6 Å². The second-order valence-corrected chi connectivity index (χ2v) is 27.4. The fraction of sp³-hybridized carbons (Fsp3) is 0.600. The molecule has 15 atom stereocenters. The van der Waals surface area contributed by atoms with E-state index in [1.807, 2.05) is 0 Å². The number of anilines is 3. The Balaban J connectivity index is 0.865. The number of phosphoric acid groups is 1. The van der Waals surface area contributed by atoms with Crippen LogP contribution in [0.15, 0.2) is 38.0 Å². The summed E-state index contributed by atoms with van der Waals surface area (Å²) >= 11 is 5.87. The maximum Gasteiger partial charge on any atom is 0.472 e. The van der Waals surface area contributed by atoms with Gasteiger partial charge < -0.3 is 75.0 Å². The monoisotopic (exact) mass is 1210 g/mol. The highest BCUT2D eigenvalue weighted by Gasteiger charge is 2.59. The van der Waals surface area contributed by atoms with Crippen LogP contribution in [-0.4, -0.2) is 183 Å². The summed E-state index contributed by atoms with van der Waals surface area (Å²) in [5.74, 6) is -1.09. The average molecular weight is 1210 g/mol. The predicted molar refractivity (Wildman–Crippen MR) is 273 cm³/mol. The maximum absolute atomic E-state index is 14.2. The van der Waals surface area contributed by atoms with Crippen LogP contribution in [0.3, 0.4) is 0 Å². The molecule has 0 aromatic carbocycles. The Kier molecular flexibility index (Phi) is 16.2. The minimum atomic E-state index is -5.35. The molecule has 4 saturated heterocycles. The topological polar surface area (TPSA) is 463 Å². The number of carbonyl (C=O) groups excluding carboxylic acids is 1. The van der Waals surface area contributed by atoms with Crippen molar-refractivity contribution in [3.8, 4) is 0 Å². The number of imidazole rings is 3. The van der Waals surface area contributed by atoms with Crippen molar-refractivity contribution in [1.82, 2.24) is 58.6 Å². The Bertz CT molecular complexity index is 3380. The van der Waals surface area contributed by atoms with E-state index in [0.29, 0.717) is 17.8 Å². The number of esters is 1. The molecule has 0 radical (unpaired) electrons. The lowest BCUT2D eigenvalue weighted by Crippen LogP contribution is -2.51. The molecule has 4 aliphatic rings. The molecular formula is C40H54N15O19P3S2. The van der Waals surface area contributed by atoms with Crippen molar-refractivity contribution in [2.45, 2.75) is 107 Å². The largest absolute Gasteiger partial charge is 0.472 e. The minimum Gasteiger partial charge on any atom is -0.454 e. The maximum atomic E-state index is 14.2. The number of aliphatic hydroxyl groups excluding tert-OH is 2.